The molecule has 2 aliphatic heterocycles. The summed E-state index contributed by atoms with van der Waals surface area (Å²) in [5, 5.41) is 18.5. The number of likely N-dealkylation sites (tertiary alicyclic amines) is 1. The topological polar surface area (TPSA) is 144 Å². The van der Waals surface area contributed by atoms with Crippen LogP contribution in [0, 0.1) is 17.1 Å². The maximum atomic E-state index is 15.5. The minimum Gasteiger partial charge on any atom is -0.457 e. The number of rotatable bonds is 9. The van der Waals surface area contributed by atoms with E-state index in [1.165, 1.54) is 12.4 Å². The molecule has 0 radical (unpaired) electrons. The van der Waals surface area contributed by atoms with Gasteiger partial charge in [0.25, 0.3) is 5.91 Å². The number of ether oxygens (including phenoxy) is 2. The number of aromatic nitrogens is 4. The minimum absolute atomic E-state index is 0.0760. The first-order chi connectivity index (χ1) is 21.2. The first-order valence-electron chi connectivity index (χ1n) is 14.5. The van der Waals surface area contributed by atoms with Crippen LogP contribution in [0.15, 0.2) is 66.5 Å². The molecule has 3 N–H and O–H groups in total. The molecule has 2 aromatic carbocycles. The van der Waals surface area contributed by atoms with Gasteiger partial charge in [0.2, 0.25) is 0 Å². The van der Waals surface area contributed by atoms with E-state index >= 15 is 4.39 Å². The summed E-state index contributed by atoms with van der Waals surface area (Å²) in [6, 6.07) is 15.7. The van der Waals surface area contributed by atoms with Crippen molar-refractivity contribution in [3.05, 3.63) is 72.3 Å². The zero-order valence-electron chi connectivity index (χ0n) is 24.5. The van der Waals surface area contributed by atoms with E-state index in [1.807, 2.05) is 32.0 Å². The van der Waals surface area contributed by atoms with Crippen molar-refractivity contribution in [2.45, 2.75) is 50.9 Å². The van der Waals surface area contributed by atoms with Gasteiger partial charge in [0.05, 0.1) is 37.2 Å². The van der Waals surface area contributed by atoms with Crippen LogP contribution in [0.5, 0.6) is 11.5 Å². The van der Waals surface area contributed by atoms with Gasteiger partial charge in [0.15, 0.2) is 5.65 Å². The molecule has 1 unspecified atom stereocenters. The van der Waals surface area contributed by atoms with E-state index in [0.717, 1.165) is 6.42 Å². The Hall–Kier alpha value is -4.86. The molecular formula is C32H33FN8O3. The van der Waals surface area contributed by atoms with Crippen LogP contribution < -0.4 is 15.8 Å². The maximum absolute atomic E-state index is 15.5. The summed E-state index contributed by atoms with van der Waals surface area (Å²) in [7, 11) is 0. The van der Waals surface area contributed by atoms with E-state index in [-0.39, 0.29) is 41.5 Å². The largest absolute Gasteiger partial charge is 0.457 e. The van der Waals surface area contributed by atoms with Gasteiger partial charge >= 0.3 is 0 Å². The van der Waals surface area contributed by atoms with Crippen LogP contribution in [-0.4, -0.2) is 67.9 Å². The number of amides is 1. The van der Waals surface area contributed by atoms with Gasteiger partial charge in [0, 0.05) is 23.7 Å². The lowest BCUT2D eigenvalue weighted by Gasteiger charge is -2.35. The summed E-state index contributed by atoms with van der Waals surface area (Å²) in [6.07, 6.45) is 4.51. The van der Waals surface area contributed by atoms with Gasteiger partial charge in [0.1, 0.15) is 46.8 Å². The number of nitrogen functional groups attached to an aromatic ring is 1. The molecule has 11 nitrogen and oxygen atoms in total. The van der Waals surface area contributed by atoms with Crippen LogP contribution >= 0.6 is 0 Å². The van der Waals surface area contributed by atoms with Crippen molar-refractivity contribution in [1.29, 1.82) is 5.26 Å². The summed E-state index contributed by atoms with van der Waals surface area (Å²) in [5.74, 6) is 0.219. The Morgan fingerprint density at radius 1 is 1.23 bits per heavy atom. The fraction of sp³-hybridized carbons (Fsp3) is 0.344. The number of nitrogens with two attached hydrogens (primary N) is 1. The molecule has 1 atom stereocenters. The number of para-hydroxylation sites is 1. The highest BCUT2D eigenvalue weighted by Crippen LogP contribution is 2.35. The number of nitriles is 1. The smallest absolute Gasteiger partial charge is 0.264 e. The van der Waals surface area contributed by atoms with Crippen molar-refractivity contribution in [3.8, 4) is 28.8 Å². The van der Waals surface area contributed by atoms with Gasteiger partial charge < -0.3 is 25.4 Å². The molecular weight excluding hydrogens is 563 g/mol. The van der Waals surface area contributed by atoms with Crippen LogP contribution in [0.25, 0.3) is 22.3 Å². The Balaban J connectivity index is 1.27. The Morgan fingerprint density at radius 2 is 2.02 bits per heavy atom. The highest BCUT2D eigenvalue weighted by atomic mass is 19.1. The van der Waals surface area contributed by atoms with Crippen LogP contribution in [-0.2, 0) is 16.1 Å². The third-order valence-corrected chi connectivity index (χ3v) is 7.83. The summed E-state index contributed by atoms with van der Waals surface area (Å²) in [4.78, 5) is 23.9. The molecule has 0 aliphatic carbocycles. The number of hydrogen-bond acceptors (Lipinski definition) is 9. The molecule has 12 heteroatoms. The Bertz CT molecular complexity index is 1760. The van der Waals surface area contributed by atoms with Gasteiger partial charge in [-0.2, -0.15) is 10.4 Å². The molecule has 2 aliphatic rings. The van der Waals surface area contributed by atoms with E-state index < -0.39 is 11.4 Å². The molecule has 2 aromatic heterocycles. The average molecular weight is 597 g/mol. The molecule has 4 aromatic rings. The number of anilines is 1. The van der Waals surface area contributed by atoms with Gasteiger partial charge in [-0.1, -0.05) is 18.2 Å². The summed E-state index contributed by atoms with van der Waals surface area (Å²) in [6.45, 7) is 5.86. The summed E-state index contributed by atoms with van der Waals surface area (Å²) >= 11 is 0. The van der Waals surface area contributed by atoms with Crippen molar-refractivity contribution in [3.63, 3.8) is 0 Å². The lowest BCUT2D eigenvalue weighted by molar-refractivity contribution is -0.127. The van der Waals surface area contributed by atoms with E-state index in [2.05, 4.69) is 21.4 Å². The molecule has 0 saturated carbocycles. The number of halogens is 1. The zero-order valence-corrected chi connectivity index (χ0v) is 24.5. The van der Waals surface area contributed by atoms with E-state index in [1.54, 1.807) is 39.9 Å². The van der Waals surface area contributed by atoms with E-state index in [4.69, 9.17) is 20.3 Å². The fourth-order valence-corrected chi connectivity index (χ4v) is 5.76. The van der Waals surface area contributed by atoms with Gasteiger partial charge in [-0.25, -0.2) is 19.0 Å². The van der Waals surface area contributed by atoms with E-state index in [0.29, 0.717) is 54.4 Å². The number of nitrogens with one attached hydrogen (secondary N) is 1. The molecule has 226 valence electrons. The molecule has 44 heavy (non-hydrogen) atoms. The van der Waals surface area contributed by atoms with Crippen LogP contribution in [0.2, 0.25) is 0 Å². The molecule has 2 fully saturated rings. The number of carbonyl (C=O) groups excluding carboxylic acids is 1. The van der Waals surface area contributed by atoms with Crippen molar-refractivity contribution >= 4 is 22.8 Å². The number of hydrogen-bond donors (Lipinski definition) is 2. The first-order valence-corrected chi connectivity index (χ1v) is 14.5. The SMILES string of the molecule is CC(C)(/C=C(/C#N)C(=O)N1CCCC1Cn1nc(-c2ccc(Oc3ccccc3)cc2F)c2c(N)ncnc21)NC1COC1. The average Bonchev–Trinajstić information content (AvgIpc) is 3.60. The number of carbonyl (C=O) groups is 1. The van der Waals surface area contributed by atoms with Gasteiger partial charge in [-0.3, -0.25) is 4.79 Å². The normalized spacial score (nSPS) is 17.5. The third-order valence-electron chi connectivity index (χ3n) is 7.83. The zero-order chi connectivity index (χ0) is 30.8. The molecule has 1 amide bonds. The molecule has 4 heterocycles. The van der Waals surface area contributed by atoms with Crippen LogP contribution in [0.3, 0.4) is 0 Å². The predicted molar refractivity (Wildman–Crippen MR) is 162 cm³/mol. The van der Waals surface area contributed by atoms with Gasteiger partial charge in [-0.05, 0) is 57.0 Å². The highest BCUT2D eigenvalue weighted by Gasteiger charge is 2.34. The standard InChI is InChI=1S/C32H33FN8O3/c1-32(2,38-21-17-43-18-21)14-20(15-34)31(42)40-12-6-7-22(40)16-41-30-27(29(35)36-19-37-30)28(39-41)25-11-10-24(13-26(25)33)44-23-8-4-3-5-9-23/h3-5,8-11,13-14,19,21-22,38H,6-7,12,16-18H2,1-2H3,(H2,35,36,37)/b20-14-. The van der Waals surface area contributed by atoms with Gasteiger partial charge in [-0.15, -0.1) is 0 Å². The second-order valence-electron chi connectivity index (χ2n) is 11.6. The number of fused-ring (bicyclic) bond motifs is 1. The summed E-state index contributed by atoms with van der Waals surface area (Å²) < 4.78 is 28.2. The minimum atomic E-state index is -0.572. The Morgan fingerprint density at radius 3 is 2.73 bits per heavy atom. The molecule has 0 bridgehead atoms. The second kappa shape index (κ2) is 12.0. The molecule has 6 rings (SSSR count). The lowest BCUT2D eigenvalue weighted by Crippen LogP contribution is -2.54. The lowest BCUT2D eigenvalue weighted by atomic mass is 9.98. The van der Waals surface area contributed by atoms with Crippen molar-refractivity contribution in [1.82, 2.24) is 30.0 Å². The second-order valence-corrected chi connectivity index (χ2v) is 11.6. The van der Waals surface area contributed by atoms with Crippen molar-refractivity contribution in [2.75, 3.05) is 25.5 Å². The number of nitrogens with zero attached hydrogens (tertiary/aromatic N) is 6. The maximum Gasteiger partial charge on any atom is 0.264 e. The van der Waals surface area contributed by atoms with Crippen molar-refractivity contribution in [2.24, 2.45) is 0 Å². The van der Waals surface area contributed by atoms with Crippen LogP contribution in [0.4, 0.5) is 10.2 Å². The molecule has 2 saturated heterocycles. The first kappa shape index (κ1) is 29.2. The predicted octanol–water partition coefficient (Wildman–Crippen LogP) is 4.21. The quantitative estimate of drug-likeness (QED) is 0.214. The third kappa shape index (κ3) is 5.97. The highest BCUT2D eigenvalue weighted by molar-refractivity contribution is 5.99. The number of benzene rings is 2. The molecule has 0 spiro atoms. The van der Waals surface area contributed by atoms with Crippen LogP contribution in [0.1, 0.15) is 26.7 Å². The monoisotopic (exact) mass is 596 g/mol. The summed E-state index contributed by atoms with van der Waals surface area (Å²) in [5.41, 5.74) is 6.71. The fourth-order valence-electron chi connectivity index (χ4n) is 5.76. The Labute approximate surface area is 254 Å². The Kier molecular flexibility index (Phi) is 7.99. The van der Waals surface area contributed by atoms with Crippen molar-refractivity contribution < 1.29 is 18.7 Å². The van der Waals surface area contributed by atoms with E-state index in [9.17, 15) is 10.1 Å².